The van der Waals surface area contributed by atoms with Gasteiger partial charge in [-0.15, -0.1) is 22.7 Å². The van der Waals surface area contributed by atoms with E-state index in [2.05, 4.69) is 42.1 Å². The van der Waals surface area contributed by atoms with Gasteiger partial charge >= 0.3 is 0 Å². The number of benzene rings is 1. The molecular formula is C30H39N2O2S2+. The van der Waals surface area contributed by atoms with E-state index in [9.17, 15) is 9.90 Å². The highest BCUT2D eigenvalue weighted by Gasteiger charge is 2.49. The predicted molar refractivity (Wildman–Crippen MR) is 149 cm³/mol. The molecule has 1 saturated heterocycles. The van der Waals surface area contributed by atoms with Gasteiger partial charge in [-0.25, -0.2) is 0 Å². The minimum absolute atomic E-state index is 0.01000. The summed E-state index contributed by atoms with van der Waals surface area (Å²) in [4.78, 5) is 18.8. The number of quaternary nitrogens is 1. The van der Waals surface area contributed by atoms with Gasteiger partial charge in [0.1, 0.15) is 6.54 Å². The average Bonchev–Trinajstić information content (AvgIpc) is 3.71. The van der Waals surface area contributed by atoms with E-state index in [1.165, 1.54) is 9.75 Å². The highest BCUT2D eigenvalue weighted by atomic mass is 32.1. The second-order valence-corrected chi connectivity index (χ2v) is 13.0. The molecule has 1 aliphatic heterocycles. The minimum Gasteiger partial charge on any atom is -0.375 e. The van der Waals surface area contributed by atoms with Gasteiger partial charge in [-0.3, -0.25) is 4.79 Å². The minimum atomic E-state index is -1.40. The molecular weight excluding hydrogens is 484 g/mol. The second kappa shape index (κ2) is 11.2. The highest BCUT2D eigenvalue weighted by molar-refractivity contribution is 7.10. The Morgan fingerprint density at radius 1 is 0.944 bits per heavy atom. The summed E-state index contributed by atoms with van der Waals surface area (Å²) in [6.07, 6.45) is 7.09. The first kappa shape index (κ1) is 25.7. The fourth-order valence-electron chi connectivity index (χ4n) is 6.47. The summed E-state index contributed by atoms with van der Waals surface area (Å²) in [6.45, 7) is 3.59. The second-order valence-electron chi connectivity index (χ2n) is 10.9. The number of piperidine rings is 1. The predicted octanol–water partition coefficient (Wildman–Crippen LogP) is 6.07. The monoisotopic (exact) mass is 523 g/mol. The van der Waals surface area contributed by atoms with Gasteiger partial charge in [0.2, 0.25) is 0 Å². The summed E-state index contributed by atoms with van der Waals surface area (Å²) in [6, 6.07) is 19.0. The quantitative estimate of drug-likeness (QED) is 0.346. The molecule has 2 atom stereocenters. The van der Waals surface area contributed by atoms with Crippen LogP contribution >= 0.6 is 22.7 Å². The van der Waals surface area contributed by atoms with Crippen LogP contribution < -0.4 is 0 Å². The van der Waals surface area contributed by atoms with Crippen LogP contribution in [0.1, 0.15) is 53.8 Å². The van der Waals surface area contributed by atoms with Crippen LogP contribution in [0.4, 0.5) is 0 Å². The van der Waals surface area contributed by atoms with E-state index in [0.29, 0.717) is 6.04 Å². The Kier molecular flexibility index (Phi) is 7.96. The topological polar surface area (TPSA) is 40.5 Å². The maximum absolute atomic E-state index is 14.0. The Balaban J connectivity index is 1.31. The van der Waals surface area contributed by atoms with E-state index < -0.39 is 5.60 Å². The van der Waals surface area contributed by atoms with Gasteiger partial charge < -0.3 is 14.5 Å². The molecule has 2 fully saturated rings. The van der Waals surface area contributed by atoms with Crippen molar-refractivity contribution in [1.29, 1.82) is 0 Å². The van der Waals surface area contributed by atoms with E-state index >= 15 is 0 Å². The van der Waals surface area contributed by atoms with Gasteiger partial charge in [-0.1, -0.05) is 55.3 Å². The third-order valence-electron chi connectivity index (χ3n) is 8.67. The Labute approximate surface area is 223 Å². The molecule has 4 nitrogen and oxygen atoms in total. The summed E-state index contributed by atoms with van der Waals surface area (Å²) in [5.74, 6) is -0.0686. The van der Waals surface area contributed by atoms with Crippen LogP contribution in [0.5, 0.6) is 0 Å². The Morgan fingerprint density at radius 2 is 1.58 bits per heavy atom. The zero-order valence-corrected chi connectivity index (χ0v) is 23.0. The zero-order chi connectivity index (χ0) is 25.0. The molecule has 5 rings (SSSR count). The van der Waals surface area contributed by atoms with Gasteiger partial charge in [0.15, 0.2) is 5.60 Å². The number of carbonyl (C=O) groups is 1. The van der Waals surface area contributed by atoms with Crippen molar-refractivity contribution in [2.45, 2.75) is 63.1 Å². The normalized spacial score (nSPS) is 20.8. The van der Waals surface area contributed by atoms with E-state index in [0.717, 1.165) is 81.2 Å². The van der Waals surface area contributed by atoms with Crippen molar-refractivity contribution in [1.82, 2.24) is 4.90 Å². The van der Waals surface area contributed by atoms with Crippen LogP contribution in [0.2, 0.25) is 0 Å². The maximum Gasteiger partial charge on any atom is 0.259 e. The molecule has 2 aliphatic rings. The lowest BCUT2D eigenvalue weighted by Gasteiger charge is -2.46. The van der Waals surface area contributed by atoms with Crippen LogP contribution in [0.25, 0.3) is 0 Å². The number of thiophene rings is 2. The van der Waals surface area contributed by atoms with Gasteiger partial charge in [-0.05, 0) is 41.3 Å². The number of aliphatic hydroxyl groups is 1. The SMILES string of the molecule is C[N+](CCc1cccs1)(Cc1cccs1)C1CCN(C(=O)[C@](O)(c2ccccc2)C2CCCC2)CC1. The van der Waals surface area contributed by atoms with Gasteiger partial charge in [0.25, 0.3) is 5.91 Å². The van der Waals surface area contributed by atoms with Crippen LogP contribution in [0.15, 0.2) is 65.4 Å². The Hall–Kier alpha value is -1.99. The first-order valence-corrected chi connectivity index (χ1v) is 15.2. The summed E-state index contributed by atoms with van der Waals surface area (Å²) in [5, 5.41) is 16.3. The third kappa shape index (κ3) is 5.33. The summed E-state index contributed by atoms with van der Waals surface area (Å²) in [5.41, 5.74) is -0.642. The average molecular weight is 524 g/mol. The Bertz CT molecular complexity index is 1090. The van der Waals surface area contributed by atoms with E-state index in [4.69, 9.17) is 0 Å². The third-order valence-corrected chi connectivity index (χ3v) is 10.5. The van der Waals surface area contributed by atoms with Crippen molar-refractivity contribution in [2.75, 3.05) is 26.7 Å². The van der Waals surface area contributed by atoms with Gasteiger partial charge in [0, 0.05) is 43.1 Å². The lowest BCUT2D eigenvalue weighted by atomic mass is 9.78. The molecule has 0 radical (unpaired) electrons. The molecule has 1 unspecified atom stereocenters. The number of likely N-dealkylation sites (tertiary alicyclic amines) is 1. The van der Waals surface area contributed by atoms with Crippen LogP contribution in [-0.2, 0) is 23.4 Å². The molecule has 1 aromatic carbocycles. The van der Waals surface area contributed by atoms with Crippen LogP contribution in [0, 0.1) is 5.92 Å². The molecule has 2 aromatic heterocycles. The Morgan fingerprint density at radius 3 is 2.19 bits per heavy atom. The number of hydrogen-bond donors (Lipinski definition) is 1. The standard InChI is InChI=1S/C30H39N2O2S2/c1-32(23-28-14-8-22-36-28,20-17-27-13-7-21-35-27)26-15-18-31(19-16-26)29(33)30(34,25-11-5-6-12-25)24-9-3-2-4-10-24/h2-4,7-10,13-14,21-22,25-26,34H,5-6,11-12,15-20,23H2,1H3/q+1/t30-,32?/m0/s1. The van der Waals surface area contributed by atoms with Crippen molar-refractivity contribution < 1.29 is 14.4 Å². The number of likely N-dealkylation sites (N-methyl/N-ethyl adjacent to an activating group) is 1. The molecule has 1 N–H and O–H groups in total. The van der Waals surface area contributed by atoms with Crippen LogP contribution in [-0.4, -0.2) is 53.1 Å². The van der Waals surface area contributed by atoms with Crippen molar-refractivity contribution in [3.05, 3.63) is 80.7 Å². The molecule has 0 bridgehead atoms. The number of amides is 1. The number of carbonyl (C=O) groups excluding carboxylic acids is 1. The zero-order valence-electron chi connectivity index (χ0n) is 21.4. The van der Waals surface area contributed by atoms with Gasteiger partial charge in [0.05, 0.1) is 24.5 Å². The molecule has 1 amide bonds. The first-order chi connectivity index (χ1) is 17.5. The summed E-state index contributed by atoms with van der Waals surface area (Å²) >= 11 is 3.69. The van der Waals surface area contributed by atoms with E-state index in [1.54, 1.807) is 0 Å². The fourth-order valence-corrected chi connectivity index (χ4v) is 8.03. The van der Waals surface area contributed by atoms with Crippen molar-refractivity contribution >= 4 is 28.6 Å². The molecule has 6 heteroatoms. The number of hydrogen-bond acceptors (Lipinski definition) is 4. The summed E-state index contributed by atoms with van der Waals surface area (Å²) < 4.78 is 1.01. The van der Waals surface area contributed by atoms with Gasteiger partial charge in [-0.2, -0.15) is 0 Å². The lowest BCUT2D eigenvalue weighted by Crippen LogP contribution is -2.59. The highest BCUT2D eigenvalue weighted by Crippen LogP contribution is 2.42. The smallest absolute Gasteiger partial charge is 0.259 e. The number of nitrogens with zero attached hydrogens (tertiary/aromatic N) is 2. The molecule has 36 heavy (non-hydrogen) atoms. The fraction of sp³-hybridized carbons (Fsp3) is 0.500. The maximum atomic E-state index is 14.0. The van der Waals surface area contributed by atoms with E-state index in [-0.39, 0.29) is 11.8 Å². The molecule has 1 saturated carbocycles. The molecule has 3 aromatic rings. The largest absolute Gasteiger partial charge is 0.375 e. The van der Waals surface area contributed by atoms with Crippen molar-refractivity contribution in [3.8, 4) is 0 Å². The summed E-state index contributed by atoms with van der Waals surface area (Å²) in [7, 11) is 2.41. The molecule has 1 aliphatic carbocycles. The molecule has 3 heterocycles. The van der Waals surface area contributed by atoms with E-state index in [1.807, 2.05) is 57.9 Å². The van der Waals surface area contributed by atoms with Crippen LogP contribution in [0.3, 0.4) is 0 Å². The number of rotatable bonds is 9. The first-order valence-electron chi connectivity index (χ1n) is 13.5. The van der Waals surface area contributed by atoms with Crippen molar-refractivity contribution in [2.24, 2.45) is 5.92 Å². The molecule has 0 spiro atoms. The molecule has 192 valence electrons. The van der Waals surface area contributed by atoms with Crippen molar-refractivity contribution in [3.63, 3.8) is 0 Å². The lowest BCUT2D eigenvalue weighted by molar-refractivity contribution is -0.946.